The normalized spacial score (nSPS) is 26.3. The van der Waals surface area contributed by atoms with Gasteiger partial charge in [0.1, 0.15) is 0 Å². The Balaban J connectivity index is 1.31. The van der Waals surface area contributed by atoms with E-state index in [1.54, 1.807) is 0 Å². The molecular weight excluding hydrogens is 520 g/mol. The van der Waals surface area contributed by atoms with E-state index in [4.69, 9.17) is 23.7 Å². The first kappa shape index (κ1) is 27.5. The molecule has 0 bridgehead atoms. The zero-order chi connectivity index (χ0) is 25.4. The topological polar surface area (TPSA) is 46.2 Å². The zero-order valence-corrected chi connectivity index (χ0v) is 23.2. The Kier molecular flexibility index (Phi) is 10.2. The van der Waals surface area contributed by atoms with Crippen molar-refractivity contribution in [2.45, 2.75) is 89.9 Å². The summed E-state index contributed by atoms with van der Waals surface area (Å²) >= 11 is 3.48. The van der Waals surface area contributed by atoms with Crippen LogP contribution in [-0.2, 0) is 36.9 Å². The van der Waals surface area contributed by atoms with Gasteiger partial charge in [0.25, 0.3) is 0 Å². The fourth-order valence-corrected chi connectivity index (χ4v) is 5.08. The van der Waals surface area contributed by atoms with Crippen LogP contribution < -0.4 is 0 Å². The maximum Gasteiger partial charge on any atom is 0.163 e. The first-order valence-corrected chi connectivity index (χ1v) is 13.8. The Hall–Kier alpha value is -1.54. The molecule has 2 aliphatic heterocycles. The van der Waals surface area contributed by atoms with Crippen LogP contribution in [-0.4, -0.2) is 43.4 Å². The number of halogens is 1. The third kappa shape index (κ3) is 9.09. The smallest absolute Gasteiger partial charge is 0.163 e. The van der Waals surface area contributed by atoms with Gasteiger partial charge < -0.3 is 23.7 Å². The van der Waals surface area contributed by atoms with Gasteiger partial charge in [0.15, 0.2) is 5.79 Å². The lowest BCUT2D eigenvalue weighted by Crippen LogP contribution is -2.37. The molecule has 2 aromatic carbocycles. The number of benzene rings is 2. The van der Waals surface area contributed by atoms with Crippen LogP contribution in [0.4, 0.5) is 0 Å². The van der Waals surface area contributed by atoms with Crippen molar-refractivity contribution in [3.05, 3.63) is 81.8 Å². The van der Waals surface area contributed by atoms with Crippen molar-refractivity contribution in [3.8, 4) is 0 Å². The second kappa shape index (κ2) is 13.3. The molecule has 0 saturated carbocycles. The van der Waals surface area contributed by atoms with Crippen LogP contribution in [0.2, 0.25) is 0 Å². The number of rotatable bonds is 11. The van der Waals surface area contributed by atoms with Crippen molar-refractivity contribution in [1.82, 2.24) is 0 Å². The molecule has 2 aliphatic rings. The third-order valence-corrected chi connectivity index (χ3v) is 7.10. The maximum atomic E-state index is 6.50. The molecule has 4 rings (SSSR count). The van der Waals surface area contributed by atoms with Crippen LogP contribution in [0.1, 0.15) is 57.6 Å². The summed E-state index contributed by atoms with van der Waals surface area (Å²) < 4.78 is 31.6. The third-order valence-electron chi connectivity index (χ3n) is 6.57. The molecule has 0 aliphatic carbocycles. The van der Waals surface area contributed by atoms with Gasteiger partial charge in [0.05, 0.1) is 44.2 Å². The fourth-order valence-electron chi connectivity index (χ4n) is 4.82. The summed E-state index contributed by atoms with van der Waals surface area (Å²) in [5.74, 6) is -0.496. The molecule has 2 aromatic rings. The molecule has 6 heteroatoms. The molecule has 2 heterocycles. The highest BCUT2D eigenvalue weighted by molar-refractivity contribution is 9.10. The summed E-state index contributed by atoms with van der Waals surface area (Å²) in [5, 5.41) is 0. The Morgan fingerprint density at radius 3 is 2.47 bits per heavy atom. The van der Waals surface area contributed by atoms with Crippen LogP contribution in [0.3, 0.4) is 0 Å². The highest BCUT2D eigenvalue weighted by Crippen LogP contribution is 2.29. The molecule has 5 nitrogen and oxygen atoms in total. The predicted molar refractivity (Wildman–Crippen MR) is 145 cm³/mol. The lowest BCUT2D eigenvalue weighted by molar-refractivity contribution is -0.138. The summed E-state index contributed by atoms with van der Waals surface area (Å²) in [5.41, 5.74) is 3.63. The van der Waals surface area contributed by atoms with Gasteiger partial charge in [-0.15, -0.1) is 0 Å². The average molecular weight is 560 g/mol. The molecule has 0 N–H and O–H groups in total. The molecule has 2 saturated heterocycles. The average Bonchev–Trinajstić information content (AvgIpc) is 3.20. The van der Waals surface area contributed by atoms with Crippen LogP contribution in [0.5, 0.6) is 0 Å². The lowest BCUT2D eigenvalue weighted by Gasteiger charge is -2.34. The van der Waals surface area contributed by atoms with Crippen LogP contribution in [0.25, 0.3) is 0 Å². The van der Waals surface area contributed by atoms with E-state index in [-0.39, 0.29) is 24.4 Å². The highest BCUT2D eigenvalue weighted by Gasteiger charge is 2.33. The first-order chi connectivity index (χ1) is 17.3. The van der Waals surface area contributed by atoms with Gasteiger partial charge in [-0.05, 0) is 56.9 Å². The molecular formula is C30H39BrO5. The van der Waals surface area contributed by atoms with E-state index in [0.717, 1.165) is 30.2 Å². The largest absolute Gasteiger partial charge is 0.377 e. The van der Waals surface area contributed by atoms with E-state index < -0.39 is 5.79 Å². The van der Waals surface area contributed by atoms with Crippen LogP contribution in [0, 0.1) is 0 Å². The monoisotopic (exact) mass is 558 g/mol. The van der Waals surface area contributed by atoms with Gasteiger partial charge >= 0.3 is 0 Å². The van der Waals surface area contributed by atoms with Gasteiger partial charge in [0, 0.05) is 23.9 Å². The quantitative estimate of drug-likeness (QED) is 0.220. The van der Waals surface area contributed by atoms with Crippen molar-refractivity contribution in [1.29, 1.82) is 0 Å². The molecule has 196 valence electrons. The molecule has 36 heavy (non-hydrogen) atoms. The number of hydrogen-bond donors (Lipinski definition) is 0. The first-order valence-electron chi connectivity index (χ1n) is 13.0. The summed E-state index contributed by atoms with van der Waals surface area (Å²) in [7, 11) is 0. The van der Waals surface area contributed by atoms with E-state index in [0.29, 0.717) is 26.4 Å². The Morgan fingerprint density at radius 1 is 1.00 bits per heavy atom. The van der Waals surface area contributed by atoms with Crippen LogP contribution in [0.15, 0.2) is 70.7 Å². The van der Waals surface area contributed by atoms with Crippen molar-refractivity contribution in [2.75, 3.05) is 13.2 Å². The van der Waals surface area contributed by atoms with Gasteiger partial charge in [-0.25, -0.2) is 0 Å². The standard InChI is InChI=1S/C30H39BrO5/c1-22(16-29-21-34-30(2,3)36-29)15-28-18-27(33-20-23-7-5-4-6-8-23)17-26(35-28)13-14-32-19-24-9-11-25(31)12-10-24/h4-12,15,26-29H,13-14,16-21H2,1-3H3/b22-15+/t26-,27-,28+,29-/m0/s1. The Morgan fingerprint density at radius 2 is 1.75 bits per heavy atom. The van der Waals surface area contributed by atoms with E-state index in [1.165, 1.54) is 16.7 Å². The fraction of sp³-hybridized carbons (Fsp3) is 0.533. The molecule has 0 aromatic heterocycles. The van der Waals surface area contributed by atoms with Gasteiger partial charge in [-0.1, -0.05) is 70.0 Å². The molecule has 0 radical (unpaired) electrons. The van der Waals surface area contributed by atoms with E-state index in [2.05, 4.69) is 65.3 Å². The lowest BCUT2D eigenvalue weighted by atomic mass is 9.96. The Labute approximate surface area is 224 Å². The van der Waals surface area contributed by atoms with Crippen molar-refractivity contribution in [2.24, 2.45) is 0 Å². The SMILES string of the molecule is C/C(=C\[C@@H]1C[C@@H](OCc2ccccc2)C[C@H](CCOCc2ccc(Br)cc2)O1)C[C@H]1COC(C)(C)O1. The summed E-state index contributed by atoms with van der Waals surface area (Å²) in [6.45, 7) is 8.60. The van der Waals surface area contributed by atoms with Crippen molar-refractivity contribution in [3.63, 3.8) is 0 Å². The summed E-state index contributed by atoms with van der Waals surface area (Å²) in [4.78, 5) is 0. The maximum absolute atomic E-state index is 6.50. The van der Waals surface area contributed by atoms with E-state index in [1.807, 2.05) is 32.0 Å². The number of hydrogen-bond acceptors (Lipinski definition) is 5. The van der Waals surface area contributed by atoms with Crippen molar-refractivity contribution >= 4 is 15.9 Å². The van der Waals surface area contributed by atoms with Gasteiger partial charge in [0.2, 0.25) is 0 Å². The minimum absolute atomic E-state index is 0.0197. The van der Waals surface area contributed by atoms with Gasteiger partial charge in [-0.3, -0.25) is 0 Å². The Bertz CT molecular complexity index is 959. The summed E-state index contributed by atoms with van der Waals surface area (Å²) in [6, 6.07) is 18.6. The minimum Gasteiger partial charge on any atom is -0.377 e. The molecule has 0 spiro atoms. The second-order valence-electron chi connectivity index (χ2n) is 10.3. The second-order valence-corrected chi connectivity index (χ2v) is 11.2. The van der Waals surface area contributed by atoms with E-state index >= 15 is 0 Å². The van der Waals surface area contributed by atoms with Gasteiger partial charge in [-0.2, -0.15) is 0 Å². The van der Waals surface area contributed by atoms with Crippen LogP contribution >= 0.6 is 15.9 Å². The molecule has 0 unspecified atom stereocenters. The van der Waals surface area contributed by atoms with E-state index in [9.17, 15) is 0 Å². The predicted octanol–water partition coefficient (Wildman–Crippen LogP) is 6.98. The minimum atomic E-state index is -0.496. The number of ether oxygens (including phenoxy) is 5. The highest BCUT2D eigenvalue weighted by atomic mass is 79.9. The molecule has 4 atom stereocenters. The van der Waals surface area contributed by atoms with Crippen molar-refractivity contribution < 1.29 is 23.7 Å². The molecule has 2 fully saturated rings. The summed E-state index contributed by atoms with van der Waals surface area (Å²) in [6.07, 6.45) is 6.04. The zero-order valence-electron chi connectivity index (χ0n) is 21.7. The molecule has 0 amide bonds.